The van der Waals surface area contributed by atoms with E-state index in [0.29, 0.717) is 47.7 Å². The van der Waals surface area contributed by atoms with Crippen molar-refractivity contribution in [1.29, 1.82) is 0 Å². The van der Waals surface area contributed by atoms with Crippen molar-refractivity contribution in [2.45, 2.75) is 96.4 Å². The number of hydrogen-bond acceptors (Lipinski definition) is 8. The van der Waals surface area contributed by atoms with E-state index in [1.807, 2.05) is 20.8 Å². The Hall–Kier alpha value is -3.57. The van der Waals surface area contributed by atoms with Crippen LogP contribution in [0.4, 0.5) is 13.6 Å². The first kappa shape index (κ1) is 31.4. The molecular weight excluding hydrogens is 586 g/mol. The fourth-order valence-electron chi connectivity index (χ4n) is 7.45. The highest BCUT2D eigenvalue weighted by Crippen LogP contribution is 2.58. The molecule has 4 aliphatic rings. The van der Waals surface area contributed by atoms with Crippen molar-refractivity contribution in [3.05, 3.63) is 23.9 Å². The monoisotopic (exact) mass is 628 g/mol. The molecule has 1 N–H and O–H groups in total. The molecule has 45 heavy (non-hydrogen) atoms. The Balaban J connectivity index is 1.39. The first-order chi connectivity index (χ1) is 21.4. The summed E-state index contributed by atoms with van der Waals surface area (Å²) in [6.07, 6.45) is -2.43. The summed E-state index contributed by atoms with van der Waals surface area (Å²) in [6.45, 7) is 7.21. The van der Waals surface area contributed by atoms with Crippen LogP contribution >= 0.6 is 0 Å². The summed E-state index contributed by atoms with van der Waals surface area (Å²) in [5.41, 5.74) is -0.251. The van der Waals surface area contributed by atoms with E-state index in [-0.39, 0.29) is 36.6 Å². The minimum Gasteiger partial charge on any atom is -0.497 e. The molecule has 244 valence electrons. The standard InChI is InChI=1S/C33H42F2N4O6/c1-16-24(15-40)39-14-26(16)44-30-28(36-22-10-9-18(43-5)13-23(22)37-30)27(35)21(34)8-6-7-19-20-11-17(20)12-25(19)45-32(42)38-29(31(39)41)33(2,3)4/h9-10,13,15-17,19-21,24-27,29H,6-8,11-12,14H2,1-5H3,(H,38,42)/t16-,17?,19+,20?,21?,24+,25+,26-,27?,29+/m0/s1. The van der Waals surface area contributed by atoms with Gasteiger partial charge in [-0.05, 0) is 61.0 Å². The number of carbonyl (C=O) groups is 3. The second kappa shape index (κ2) is 12.0. The molecule has 0 spiro atoms. The number of halogens is 2. The van der Waals surface area contributed by atoms with E-state index in [2.05, 4.69) is 15.3 Å². The molecule has 1 aromatic carbocycles. The SMILES string of the molecule is COc1ccc2nc3c(nc2c1)O[C@H]1CN(C(=O)[C@H](C(C)(C)C)NC(=O)O[C@@H]2CC4CC4[C@H]2CCCC(F)C3F)[C@H](C=O)[C@@H]1C. The van der Waals surface area contributed by atoms with Crippen molar-refractivity contribution >= 4 is 29.3 Å². The van der Waals surface area contributed by atoms with E-state index in [9.17, 15) is 14.4 Å². The third-order valence-electron chi connectivity index (χ3n) is 10.2. The van der Waals surface area contributed by atoms with Crippen LogP contribution in [0, 0.1) is 29.1 Å². The molecule has 1 aromatic heterocycles. The molecule has 10 atom stereocenters. The van der Waals surface area contributed by atoms with Crippen LogP contribution in [-0.2, 0) is 14.3 Å². The lowest BCUT2D eigenvalue weighted by atomic mass is 9.85. The molecule has 1 saturated heterocycles. The van der Waals surface area contributed by atoms with Gasteiger partial charge in [0.05, 0.1) is 30.7 Å². The van der Waals surface area contributed by atoms with E-state index in [4.69, 9.17) is 14.2 Å². The normalized spacial score (nSPS) is 35.6. The number of rotatable bonds is 2. The second-order valence-electron chi connectivity index (χ2n) is 14.2. The summed E-state index contributed by atoms with van der Waals surface area (Å²) in [4.78, 5) is 50.0. The van der Waals surface area contributed by atoms with Gasteiger partial charge in [0.1, 0.15) is 42.2 Å². The van der Waals surface area contributed by atoms with E-state index in [1.54, 1.807) is 25.1 Å². The van der Waals surface area contributed by atoms with Gasteiger partial charge < -0.3 is 29.2 Å². The predicted molar refractivity (Wildman–Crippen MR) is 160 cm³/mol. The molecular formula is C33H42F2N4O6. The molecule has 6 rings (SSSR count). The Bertz CT molecular complexity index is 1470. The number of aromatic nitrogens is 2. The van der Waals surface area contributed by atoms with Crippen molar-refractivity contribution in [2.75, 3.05) is 13.7 Å². The first-order valence-electron chi connectivity index (χ1n) is 15.9. The fraction of sp³-hybridized carbons (Fsp3) is 0.667. The molecule has 2 aliphatic heterocycles. The van der Waals surface area contributed by atoms with Crippen molar-refractivity contribution in [2.24, 2.45) is 29.1 Å². The molecule has 2 bridgehead atoms. The van der Waals surface area contributed by atoms with E-state index >= 15 is 8.78 Å². The number of nitrogens with one attached hydrogen (secondary N) is 1. The Labute approximate surface area is 261 Å². The quantitative estimate of drug-likeness (QED) is 0.455. The Morgan fingerprint density at radius 3 is 2.53 bits per heavy atom. The maximum Gasteiger partial charge on any atom is 0.408 e. The van der Waals surface area contributed by atoms with Crippen molar-refractivity contribution in [3.8, 4) is 11.6 Å². The molecule has 0 radical (unpaired) electrons. The number of hydrogen-bond donors (Lipinski definition) is 1. The number of ether oxygens (including phenoxy) is 3. The molecule has 3 fully saturated rings. The number of alkyl carbamates (subject to hydrolysis) is 1. The van der Waals surface area contributed by atoms with E-state index in [1.165, 1.54) is 12.0 Å². The zero-order chi connectivity index (χ0) is 32.2. The van der Waals surface area contributed by atoms with Crippen molar-refractivity contribution in [3.63, 3.8) is 0 Å². The van der Waals surface area contributed by atoms with Gasteiger partial charge >= 0.3 is 6.09 Å². The number of fused-ring (bicyclic) bond motifs is 7. The van der Waals surface area contributed by atoms with Gasteiger partial charge in [-0.2, -0.15) is 0 Å². The van der Waals surface area contributed by atoms with Gasteiger partial charge in [-0.3, -0.25) is 4.79 Å². The average Bonchev–Trinajstić information content (AvgIpc) is 3.58. The number of methoxy groups -OCH3 is 1. The Morgan fingerprint density at radius 2 is 1.82 bits per heavy atom. The summed E-state index contributed by atoms with van der Waals surface area (Å²) < 4.78 is 49.1. The zero-order valence-electron chi connectivity index (χ0n) is 26.4. The summed E-state index contributed by atoms with van der Waals surface area (Å²) in [5, 5.41) is 2.80. The van der Waals surface area contributed by atoms with Crippen LogP contribution in [0.1, 0.15) is 71.7 Å². The number of aldehydes is 1. The largest absolute Gasteiger partial charge is 0.497 e. The molecule has 12 heteroatoms. The van der Waals surface area contributed by atoms with Gasteiger partial charge in [0.15, 0.2) is 6.17 Å². The number of carbonyl (C=O) groups excluding carboxylic acids is 3. The highest BCUT2D eigenvalue weighted by Gasteiger charge is 2.55. The summed E-state index contributed by atoms with van der Waals surface area (Å²) >= 11 is 0. The van der Waals surface area contributed by atoms with Crippen molar-refractivity contribution < 1.29 is 37.4 Å². The maximum atomic E-state index is 16.0. The Kier molecular flexibility index (Phi) is 8.36. The zero-order valence-corrected chi connectivity index (χ0v) is 26.4. The number of benzene rings is 1. The van der Waals surface area contributed by atoms with Crippen LogP contribution in [0.3, 0.4) is 0 Å². The van der Waals surface area contributed by atoms with E-state index in [0.717, 1.165) is 12.8 Å². The minimum absolute atomic E-state index is 0.0337. The highest BCUT2D eigenvalue weighted by molar-refractivity contribution is 5.89. The number of alkyl halides is 2. The van der Waals surface area contributed by atoms with Crippen molar-refractivity contribution in [1.82, 2.24) is 20.2 Å². The van der Waals surface area contributed by atoms with Crippen LogP contribution in [0.25, 0.3) is 11.0 Å². The summed E-state index contributed by atoms with van der Waals surface area (Å²) in [6, 6.07) is 3.05. The molecule has 10 nitrogen and oxygen atoms in total. The predicted octanol–water partition coefficient (Wildman–Crippen LogP) is 5.13. The van der Waals surface area contributed by atoms with Gasteiger partial charge in [-0.15, -0.1) is 0 Å². The van der Waals surface area contributed by atoms with Crippen LogP contribution in [0.15, 0.2) is 18.2 Å². The molecule has 4 unspecified atom stereocenters. The number of nitrogens with zero attached hydrogens (tertiary/aromatic N) is 3. The second-order valence-corrected chi connectivity index (χ2v) is 14.2. The van der Waals surface area contributed by atoms with Crippen LogP contribution < -0.4 is 14.8 Å². The van der Waals surface area contributed by atoms with Gasteiger partial charge in [-0.25, -0.2) is 23.5 Å². The molecule has 2 aliphatic carbocycles. The topological polar surface area (TPSA) is 120 Å². The van der Waals surface area contributed by atoms with Gasteiger partial charge in [-0.1, -0.05) is 34.1 Å². The molecule has 2 amide bonds. The highest BCUT2D eigenvalue weighted by atomic mass is 19.2. The third-order valence-corrected chi connectivity index (χ3v) is 10.2. The van der Waals surface area contributed by atoms with Crippen LogP contribution in [0.5, 0.6) is 11.6 Å². The fourth-order valence-corrected chi connectivity index (χ4v) is 7.45. The molecule has 3 heterocycles. The van der Waals surface area contributed by atoms with Crippen LogP contribution in [-0.4, -0.2) is 77.3 Å². The third kappa shape index (κ3) is 6.04. The average molecular weight is 629 g/mol. The maximum absolute atomic E-state index is 16.0. The Morgan fingerprint density at radius 1 is 1.04 bits per heavy atom. The number of amides is 2. The molecule has 2 saturated carbocycles. The lowest BCUT2D eigenvalue weighted by Gasteiger charge is -2.35. The van der Waals surface area contributed by atoms with Gasteiger partial charge in [0.2, 0.25) is 11.8 Å². The van der Waals surface area contributed by atoms with Gasteiger partial charge in [0.25, 0.3) is 0 Å². The van der Waals surface area contributed by atoms with E-state index < -0.39 is 53.9 Å². The lowest BCUT2D eigenvalue weighted by Crippen LogP contribution is -2.56. The minimum atomic E-state index is -2.12. The first-order valence-corrected chi connectivity index (χ1v) is 15.9. The van der Waals surface area contributed by atoms with Crippen LogP contribution in [0.2, 0.25) is 0 Å². The summed E-state index contributed by atoms with van der Waals surface area (Å²) in [5.74, 6) is 0.236. The smallest absolute Gasteiger partial charge is 0.408 e. The lowest BCUT2D eigenvalue weighted by molar-refractivity contribution is -0.139. The van der Waals surface area contributed by atoms with Gasteiger partial charge in [0, 0.05) is 12.0 Å². The summed E-state index contributed by atoms with van der Waals surface area (Å²) in [7, 11) is 1.51. The molecule has 2 aromatic rings.